The highest BCUT2D eigenvalue weighted by molar-refractivity contribution is 7.90. The van der Waals surface area contributed by atoms with Gasteiger partial charge in [-0.2, -0.15) is 13.1 Å². The number of thiocarbonyl (C=S) groups is 1. The summed E-state index contributed by atoms with van der Waals surface area (Å²) in [6.07, 6.45) is 0. The first-order valence-corrected chi connectivity index (χ1v) is 7.62. The van der Waals surface area contributed by atoms with Crippen molar-refractivity contribution >= 4 is 33.1 Å². The minimum Gasteiger partial charge on any atom is -0.389 e. The number of hydrogen-bond acceptors (Lipinski definition) is 3. The Balaban J connectivity index is 3.14. The molecule has 0 unspecified atom stereocenters. The highest BCUT2D eigenvalue weighted by Crippen LogP contribution is 2.20. The van der Waals surface area contributed by atoms with Gasteiger partial charge >= 0.3 is 0 Å². The standard InChI is InChI=1S/C12H19N3O2S2/c1-8-6-5-7-9(10(8)11(13)18)14-19(16,17)15-12(2,3)4/h5-7,14-15H,1-4H3,(H2,13,18). The second kappa shape index (κ2) is 5.44. The molecule has 0 spiro atoms. The van der Waals surface area contributed by atoms with Crippen molar-refractivity contribution in [3.8, 4) is 0 Å². The molecule has 0 amide bonds. The van der Waals surface area contributed by atoms with Crippen molar-refractivity contribution in [2.24, 2.45) is 5.73 Å². The molecule has 0 bridgehead atoms. The number of hydrogen-bond donors (Lipinski definition) is 3. The Morgan fingerprint density at radius 2 is 1.89 bits per heavy atom. The van der Waals surface area contributed by atoms with Crippen molar-refractivity contribution in [3.05, 3.63) is 29.3 Å². The second-order valence-corrected chi connectivity index (χ2v) is 7.17. The van der Waals surface area contributed by atoms with E-state index in [1.54, 1.807) is 32.9 Å². The van der Waals surface area contributed by atoms with E-state index in [0.717, 1.165) is 5.56 Å². The molecule has 19 heavy (non-hydrogen) atoms. The Bertz CT molecular complexity index is 589. The van der Waals surface area contributed by atoms with Gasteiger partial charge in [-0.25, -0.2) is 0 Å². The maximum atomic E-state index is 12.0. The molecule has 1 aromatic rings. The molecule has 106 valence electrons. The van der Waals surface area contributed by atoms with Gasteiger partial charge in [-0.1, -0.05) is 24.4 Å². The summed E-state index contributed by atoms with van der Waals surface area (Å²) in [5.74, 6) is 0. The zero-order valence-corrected chi connectivity index (χ0v) is 13.1. The largest absolute Gasteiger partial charge is 0.389 e. The topological polar surface area (TPSA) is 84.2 Å². The molecule has 0 aliphatic carbocycles. The molecular formula is C12H19N3O2S2. The van der Waals surface area contributed by atoms with Crippen LogP contribution in [0.15, 0.2) is 18.2 Å². The first-order valence-electron chi connectivity index (χ1n) is 5.73. The Morgan fingerprint density at radius 1 is 1.32 bits per heavy atom. The fourth-order valence-electron chi connectivity index (χ4n) is 1.65. The Kier molecular flexibility index (Phi) is 4.54. The van der Waals surface area contributed by atoms with E-state index in [2.05, 4.69) is 9.44 Å². The maximum Gasteiger partial charge on any atom is 0.299 e. The van der Waals surface area contributed by atoms with Gasteiger partial charge in [0.25, 0.3) is 10.2 Å². The van der Waals surface area contributed by atoms with E-state index in [1.165, 1.54) is 0 Å². The van der Waals surface area contributed by atoms with Crippen LogP contribution in [0.3, 0.4) is 0 Å². The van der Waals surface area contributed by atoms with Gasteiger partial charge in [-0.15, -0.1) is 0 Å². The van der Waals surface area contributed by atoms with E-state index >= 15 is 0 Å². The smallest absolute Gasteiger partial charge is 0.299 e. The van der Waals surface area contributed by atoms with E-state index in [0.29, 0.717) is 11.3 Å². The summed E-state index contributed by atoms with van der Waals surface area (Å²) in [6.45, 7) is 7.11. The summed E-state index contributed by atoms with van der Waals surface area (Å²) in [7, 11) is -3.68. The summed E-state index contributed by atoms with van der Waals surface area (Å²) in [5, 5.41) is 0. The summed E-state index contributed by atoms with van der Waals surface area (Å²) >= 11 is 4.96. The quantitative estimate of drug-likeness (QED) is 0.739. The molecule has 0 atom stereocenters. The molecule has 0 saturated heterocycles. The van der Waals surface area contributed by atoms with Gasteiger partial charge in [0.05, 0.1) is 5.69 Å². The van der Waals surface area contributed by atoms with Crippen LogP contribution in [-0.4, -0.2) is 18.9 Å². The van der Waals surface area contributed by atoms with Gasteiger partial charge in [0, 0.05) is 11.1 Å². The van der Waals surface area contributed by atoms with Crippen LogP contribution < -0.4 is 15.2 Å². The summed E-state index contributed by atoms with van der Waals surface area (Å²) < 4.78 is 29.0. The van der Waals surface area contributed by atoms with Gasteiger partial charge in [0.2, 0.25) is 0 Å². The fraction of sp³-hybridized carbons (Fsp3) is 0.417. The lowest BCUT2D eigenvalue weighted by molar-refractivity contribution is 0.494. The summed E-state index contributed by atoms with van der Waals surface area (Å²) in [4.78, 5) is 0.159. The first-order chi connectivity index (χ1) is 8.52. The van der Waals surface area contributed by atoms with Crippen molar-refractivity contribution in [3.63, 3.8) is 0 Å². The minimum atomic E-state index is -3.68. The number of aryl methyl sites for hydroxylation is 1. The Morgan fingerprint density at radius 3 is 2.37 bits per heavy atom. The third-order valence-corrected chi connectivity index (χ3v) is 3.78. The van der Waals surface area contributed by atoms with Crippen molar-refractivity contribution in [2.75, 3.05) is 4.72 Å². The third-order valence-electron chi connectivity index (χ3n) is 2.20. The molecular weight excluding hydrogens is 282 g/mol. The second-order valence-electron chi connectivity index (χ2n) is 5.32. The number of nitrogens with one attached hydrogen (secondary N) is 2. The van der Waals surface area contributed by atoms with Crippen LogP contribution in [0.25, 0.3) is 0 Å². The van der Waals surface area contributed by atoms with E-state index in [-0.39, 0.29) is 4.99 Å². The highest BCUT2D eigenvalue weighted by Gasteiger charge is 2.21. The van der Waals surface area contributed by atoms with Gasteiger partial charge in [0.1, 0.15) is 4.99 Å². The van der Waals surface area contributed by atoms with Crippen LogP contribution >= 0.6 is 12.2 Å². The molecule has 7 heteroatoms. The van der Waals surface area contributed by atoms with Crippen molar-refractivity contribution in [1.82, 2.24) is 4.72 Å². The highest BCUT2D eigenvalue weighted by atomic mass is 32.2. The number of anilines is 1. The zero-order chi connectivity index (χ0) is 14.8. The summed E-state index contributed by atoms with van der Waals surface area (Å²) in [6, 6.07) is 5.19. The number of nitrogens with two attached hydrogens (primary N) is 1. The molecule has 0 fully saturated rings. The molecule has 5 nitrogen and oxygen atoms in total. The van der Waals surface area contributed by atoms with Crippen molar-refractivity contribution in [2.45, 2.75) is 33.2 Å². The van der Waals surface area contributed by atoms with E-state index in [9.17, 15) is 8.42 Å². The molecule has 4 N–H and O–H groups in total. The molecule has 1 rings (SSSR count). The number of rotatable bonds is 4. The molecule has 0 aliphatic heterocycles. The first kappa shape index (κ1) is 15.9. The average Bonchev–Trinajstić information content (AvgIpc) is 2.11. The fourth-order valence-corrected chi connectivity index (χ4v) is 3.24. The number of benzene rings is 1. The van der Waals surface area contributed by atoms with Crippen LogP contribution in [0, 0.1) is 6.92 Å². The zero-order valence-electron chi connectivity index (χ0n) is 11.4. The lowest BCUT2D eigenvalue weighted by Gasteiger charge is -2.22. The predicted molar refractivity (Wildman–Crippen MR) is 82.5 cm³/mol. The molecule has 0 radical (unpaired) electrons. The van der Waals surface area contributed by atoms with Gasteiger partial charge < -0.3 is 5.73 Å². The van der Waals surface area contributed by atoms with Crippen molar-refractivity contribution in [1.29, 1.82) is 0 Å². The van der Waals surface area contributed by atoms with Crippen LogP contribution in [0.5, 0.6) is 0 Å². The van der Waals surface area contributed by atoms with Gasteiger partial charge in [0.15, 0.2) is 0 Å². The molecule has 0 heterocycles. The molecule has 0 aromatic heterocycles. The Hall–Kier alpha value is -1.18. The SMILES string of the molecule is Cc1cccc(NS(=O)(=O)NC(C)(C)C)c1C(N)=S. The monoisotopic (exact) mass is 301 g/mol. The third kappa shape index (κ3) is 4.77. The minimum absolute atomic E-state index is 0.159. The van der Waals surface area contributed by atoms with Crippen LogP contribution in [0.4, 0.5) is 5.69 Å². The average molecular weight is 301 g/mol. The van der Waals surface area contributed by atoms with E-state index in [4.69, 9.17) is 18.0 Å². The maximum absolute atomic E-state index is 12.0. The van der Waals surface area contributed by atoms with Crippen molar-refractivity contribution < 1.29 is 8.42 Å². The van der Waals surface area contributed by atoms with Gasteiger partial charge in [-0.3, -0.25) is 4.72 Å². The lowest BCUT2D eigenvalue weighted by atomic mass is 10.1. The molecule has 0 saturated carbocycles. The van der Waals surface area contributed by atoms with Crippen LogP contribution in [0.2, 0.25) is 0 Å². The van der Waals surface area contributed by atoms with Crippen LogP contribution in [0.1, 0.15) is 31.9 Å². The Labute approximate surface area is 119 Å². The van der Waals surface area contributed by atoms with E-state index < -0.39 is 15.7 Å². The molecule has 1 aromatic carbocycles. The summed E-state index contributed by atoms with van der Waals surface area (Å²) in [5.41, 5.74) is 6.81. The van der Waals surface area contributed by atoms with E-state index in [1.807, 2.05) is 13.0 Å². The molecule has 0 aliphatic rings. The predicted octanol–water partition coefficient (Wildman–Crippen LogP) is 1.67. The normalized spacial score (nSPS) is 12.2. The lowest BCUT2D eigenvalue weighted by Crippen LogP contribution is -2.43. The van der Waals surface area contributed by atoms with Crippen LogP contribution in [-0.2, 0) is 10.2 Å². The van der Waals surface area contributed by atoms with Gasteiger partial charge in [-0.05, 0) is 39.3 Å².